The molecule has 0 atom stereocenters. The number of nitrogen functional groups attached to an aromatic ring is 1. The standard InChI is InChI=1S/C7H8ClF3N4/c8-5-4(6(12)15-3-14-5)1-13-2-7(9,10)11/h3,13H,1-2H2,(H2,12,14,15). The molecule has 0 saturated heterocycles. The van der Waals surface area contributed by atoms with Crippen LogP contribution in [-0.4, -0.2) is 22.7 Å². The second kappa shape index (κ2) is 4.63. The van der Waals surface area contributed by atoms with Crippen molar-refractivity contribution in [2.45, 2.75) is 12.7 Å². The third-order valence-electron chi connectivity index (χ3n) is 1.55. The number of nitrogens with one attached hydrogen (secondary N) is 1. The third kappa shape index (κ3) is 3.88. The van der Waals surface area contributed by atoms with Crippen molar-refractivity contribution in [3.63, 3.8) is 0 Å². The highest BCUT2D eigenvalue weighted by molar-refractivity contribution is 6.30. The number of hydrogen-bond donors (Lipinski definition) is 2. The van der Waals surface area contributed by atoms with E-state index in [1.54, 1.807) is 0 Å². The average molecular weight is 241 g/mol. The Morgan fingerprint density at radius 2 is 2.07 bits per heavy atom. The van der Waals surface area contributed by atoms with Crippen LogP contribution in [0.1, 0.15) is 5.56 Å². The number of alkyl halides is 3. The number of hydrogen-bond acceptors (Lipinski definition) is 4. The summed E-state index contributed by atoms with van der Waals surface area (Å²) >= 11 is 5.63. The predicted molar refractivity (Wildman–Crippen MR) is 49.2 cm³/mol. The van der Waals surface area contributed by atoms with E-state index in [4.69, 9.17) is 17.3 Å². The summed E-state index contributed by atoms with van der Waals surface area (Å²) in [7, 11) is 0. The fourth-order valence-electron chi connectivity index (χ4n) is 0.896. The molecule has 0 saturated carbocycles. The van der Waals surface area contributed by atoms with E-state index in [0.29, 0.717) is 0 Å². The fraction of sp³-hybridized carbons (Fsp3) is 0.429. The Morgan fingerprint density at radius 3 is 2.60 bits per heavy atom. The molecule has 8 heteroatoms. The molecular weight excluding hydrogens is 233 g/mol. The van der Waals surface area contributed by atoms with Gasteiger partial charge in [0.25, 0.3) is 0 Å². The van der Waals surface area contributed by atoms with Gasteiger partial charge in [-0.1, -0.05) is 11.6 Å². The first kappa shape index (κ1) is 12.0. The zero-order valence-corrected chi connectivity index (χ0v) is 8.23. The summed E-state index contributed by atoms with van der Waals surface area (Å²) in [4.78, 5) is 7.22. The van der Waals surface area contributed by atoms with Gasteiger partial charge < -0.3 is 11.1 Å². The number of halogens is 4. The second-order valence-corrected chi connectivity index (χ2v) is 3.11. The van der Waals surface area contributed by atoms with Crippen LogP contribution in [0.3, 0.4) is 0 Å². The Labute approximate surface area is 88.7 Å². The predicted octanol–water partition coefficient (Wildman–Crippen LogP) is 1.36. The number of aromatic nitrogens is 2. The Bertz CT molecular complexity index is 321. The lowest BCUT2D eigenvalue weighted by Crippen LogP contribution is -2.28. The largest absolute Gasteiger partial charge is 0.401 e. The number of nitrogens with two attached hydrogens (primary N) is 1. The molecule has 1 heterocycles. The highest BCUT2D eigenvalue weighted by Gasteiger charge is 2.26. The van der Waals surface area contributed by atoms with Crippen LogP contribution in [0.2, 0.25) is 5.15 Å². The van der Waals surface area contributed by atoms with Gasteiger partial charge in [0.2, 0.25) is 0 Å². The topological polar surface area (TPSA) is 63.8 Å². The molecule has 4 nitrogen and oxygen atoms in total. The van der Waals surface area contributed by atoms with Crippen molar-refractivity contribution in [2.24, 2.45) is 0 Å². The smallest absolute Gasteiger partial charge is 0.383 e. The molecule has 0 spiro atoms. The van der Waals surface area contributed by atoms with Gasteiger partial charge in [0.05, 0.1) is 6.54 Å². The SMILES string of the molecule is Nc1ncnc(Cl)c1CNCC(F)(F)F. The van der Waals surface area contributed by atoms with E-state index >= 15 is 0 Å². The molecule has 0 aliphatic rings. The molecule has 1 aromatic heterocycles. The van der Waals surface area contributed by atoms with Crippen molar-refractivity contribution < 1.29 is 13.2 Å². The van der Waals surface area contributed by atoms with Crippen LogP contribution in [-0.2, 0) is 6.54 Å². The van der Waals surface area contributed by atoms with Gasteiger partial charge >= 0.3 is 6.18 Å². The number of anilines is 1. The molecule has 0 bridgehead atoms. The molecule has 0 aliphatic heterocycles. The van der Waals surface area contributed by atoms with E-state index in [9.17, 15) is 13.2 Å². The maximum atomic E-state index is 11.8. The summed E-state index contributed by atoms with van der Waals surface area (Å²) in [5.74, 6) is 0.0738. The van der Waals surface area contributed by atoms with E-state index in [2.05, 4.69) is 15.3 Å². The maximum Gasteiger partial charge on any atom is 0.401 e. The minimum absolute atomic E-state index is 0.0529. The fourth-order valence-corrected chi connectivity index (χ4v) is 1.10. The third-order valence-corrected chi connectivity index (χ3v) is 1.88. The van der Waals surface area contributed by atoms with Crippen LogP contribution in [0, 0.1) is 0 Å². The van der Waals surface area contributed by atoms with Gasteiger partial charge in [-0.2, -0.15) is 13.2 Å². The van der Waals surface area contributed by atoms with Crippen molar-refractivity contribution in [2.75, 3.05) is 12.3 Å². The molecule has 1 rings (SSSR count). The monoisotopic (exact) mass is 240 g/mol. The van der Waals surface area contributed by atoms with Gasteiger partial charge in [-0.05, 0) is 0 Å². The van der Waals surface area contributed by atoms with Crippen LogP contribution < -0.4 is 11.1 Å². The molecule has 3 N–H and O–H groups in total. The van der Waals surface area contributed by atoms with Gasteiger partial charge in [0.15, 0.2) is 0 Å². The van der Waals surface area contributed by atoms with Crippen molar-refractivity contribution in [1.29, 1.82) is 0 Å². The molecule has 0 aromatic carbocycles. The lowest BCUT2D eigenvalue weighted by atomic mass is 10.3. The minimum Gasteiger partial charge on any atom is -0.383 e. The summed E-state index contributed by atoms with van der Waals surface area (Å²) in [6.07, 6.45) is -3.12. The molecule has 84 valence electrons. The zero-order valence-electron chi connectivity index (χ0n) is 7.48. The van der Waals surface area contributed by atoms with Gasteiger partial charge in [0.1, 0.15) is 17.3 Å². The molecule has 0 unspecified atom stereocenters. The van der Waals surface area contributed by atoms with E-state index < -0.39 is 12.7 Å². The van der Waals surface area contributed by atoms with E-state index in [1.165, 1.54) is 0 Å². The second-order valence-electron chi connectivity index (χ2n) is 2.75. The number of nitrogens with zero attached hydrogens (tertiary/aromatic N) is 2. The maximum absolute atomic E-state index is 11.8. The molecule has 15 heavy (non-hydrogen) atoms. The summed E-state index contributed by atoms with van der Waals surface area (Å²) in [6.45, 7) is -1.23. The summed E-state index contributed by atoms with van der Waals surface area (Å²) in [5.41, 5.74) is 5.68. The van der Waals surface area contributed by atoms with Crippen molar-refractivity contribution in [3.05, 3.63) is 17.0 Å². The van der Waals surface area contributed by atoms with E-state index in [0.717, 1.165) is 6.33 Å². The highest BCUT2D eigenvalue weighted by Crippen LogP contribution is 2.17. The Hall–Kier alpha value is -1.08. The summed E-state index contributed by atoms with van der Waals surface area (Å²) in [5, 5.41) is 2.21. The number of rotatable bonds is 3. The lowest BCUT2D eigenvalue weighted by molar-refractivity contribution is -0.125. The first-order valence-corrected chi connectivity index (χ1v) is 4.30. The Morgan fingerprint density at radius 1 is 1.40 bits per heavy atom. The van der Waals surface area contributed by atoms with Crippen LogP contribution in [0.5, 0.6) is 0 Å². The summed E-state index contributed by atoms with van der Waals surface area (Å²) < 4.78 is 35.4. The molecule has 0 amide bonds. The zero-order chi connectivity index (χ0) is 11.5. The van der Waals surface area contributed by atoms with Crippen molar-refractivity contribution in [1.82, 2.24) is 15.3 Å². The molecular formula is C7H8ClF3N4. The van der Waals surface area contributed by atoms with E-state index in [-0.39, 0.29) is 23.1 Å². The average Bonchev–Trinajstić information content (AvgIpc) is 2.08. The van der Waals surface area contributed by atoms with Crippen LogP contribution in [0.25, 0.3) is 0 Å². The Kier molecular flexibility index (Phi) is 3.70. The highest BCUT2D eigenvalue weighted by atomic mass is 35.5. The first-order chi connectivity index (χ1) is 6.90. The normalized spacial score (nSPS) is 11.7. The molecule has 0 aliphatic carbocycles. The van der Waals surface area contributed by atoms with Crippen molar-refractivity contribution in [3.8, 4) is 0 Å². The van der Waals surface area contributed by atoms with Crippen LogP contribution in [0.15, 0.2) is 6.33 Å². The Balaban J connectivity index is 2.58. The molecule has 0 fully saturated rings. The van der Waals surface area contributed by atoms with E-state index in [1.807, 2.05) is 0 Å². The van der Waals surface area contributed by atoms with Crippen molar-refractivity contribution >= 4 is 17.4 Å². The first-order valence-electron chi connectivity index (χ1n) is 3.92. The van der Waals surface area contributed by atoms with Gasteiger partial charge in [-0.3, -0.25) is 0 Å². The van der Waals surface area contributed by atoms with Crippen LogP contribution in [0.4, 0.5) is 19.0 Å². The van der Waals surface area contributed by atoms with Gasteiger partial charge in [-0.25, -0.2) is 9.97 Å². The van der Waals surface area contributed by atoms with Crippen LogP contribution >= 0.6 is 11.6 Å². The summed E-state index contributed by atoms with van der Waals surface area (Å²) in [6, 6.07) is 0. The van der Waals surface area contributed by atoms with Gasteiger partial charge in [0, 0.05) is 12.1 Å². The van der Waals surface area contributed by atoms with Gasteiger partial charge in [-0.15, -0.1) is 0 Å². The molecule has 0 radical (unpaired) electrons. The minimum atomic E-state index is -4.27. The molecule has 1 aromatic rings. The lowest BCUT2D eigenvalue weighted by Gasteiger charge is -2.09. The quantitative estimate of drug-likeness (QED) is 0.783.